The van der Waals surface area contributed by atoms with Crippen molar-refractivity contribution in [1.29, 1.82) is 0 Å². The van der Waals surface area contributed by atoms with E-state index in [0.29, 0.717) is 16.4 Å². The van der Waals surface area contributed by atoms with E-state index in [-0.39, 0.29) is 5.78 Å². The van der Waals surface area contributed by atoms with Gasteiger partial charge < -0.3 is 0 Å². The third-order valence-electron chi connectivity index (χ3n) is 3.79. The van der Waals surface area contributed by atoms with Crippen molar-refractivity contribution in [2.75, 3.05) is 0 Å². The maximum atomic E-state index is 12.9. The van der Waals surface area contributed by atoms with Gasteiger partial charge in [-0.2, -0.15) is 4.40 Å². The Balaban J connectivity index is 0.000000431. The maximum absolute atomic E-state index is 12.9. The summed E-state index contributed by atoms with van der Waals surface area (Å²) >= 11 is 5.91. The summed E-state index contributed by atoms with van der Waals surface area (Å²) in [6.45, 7) is 0. The molecular weight excluding hydrogens is 421 g/mol. The van der Waals surface area contributed by atoms with E-state index in [2.05, 4.69) is 5.10 Å². The van der Waals surface area contributed by atoms with Gasteiger partial charge in [-0.3, -0.25) is 4.79 Å². The zero-order valence-electron chi connectivity index (χ0n) is 14.6. The lowest BCUT2D eigenvalue weighted by molar-refractivity contribution is -2.00. The van der Waals surface area contributed by atoms with Crippen molar-refractivity contribution >= 4 is 23.0 Å². The van der Waals surface area contributed by atoms with Crippen molar-refractivity contribution in [3.05, 3.63) is 95.4 Å². The second kappa shape index (κ2) is 8.66. The number of hydrogen-bond acceptors (Lipinski definition) is 6. The van der Waals surface area contributed by atoms with Crippen LogP contribution in [-0.2, 0) is 0 Å². The molecular formula is C19H13Cl2N3O5. The highest BCUT2D eigenvalue weighted by molar-refractivity contribution is 6.30. The minimum atomic E-state index is -4.94. The fraction of sp³-hybridized carbons (Fsp3) is 0. The first-order valence-corrected chi connectivity index (χ1v) is 9.72. The molecule has 0 fully saturated rings. The number of fused-ring (bicyclic) bond motifs is 1. The predicted molar refractivity (Wildman–Crippen MR) is 91.6 cm³/mol. The molecule has 4 aromatic rings. The Hall–Kier alpha value is -2.85. The van der Waals surface area contributed by atoms with E-state index >= 15 is 0 Å². The fourth-order valence-corrected chi connectivity index (χ4v) is 2.75. The van der Waals surface area contributed by atoms with E-state index in [1.807, 2.05) is 54.7 Å². The predicted octanol–water partition coefficient (Wildman–Crippen LogP) is -1.26. The molecule has 0 saturated carbocycles. The number of para-hydroxylation sites is 1. The Morgan fingerprint density at radius 2 is 1.48 bits per heavy atom. The normalized spacial score (nSPS) is 11.1. The van der Waals surface area contributed by atoms with Crippen molar-refractivity contribution in [1.82, 2.24) is 9.78 Å². The molecule has 29 heavy (non-hydrogen) atoms. The SMILES string of the molecule is O=C(c1ccc(Cl)cc1)c1nn(-c2ccccc2)c2cccc[n+]12.[O-][Cl+3]([O-])([O-])[O-]. The summed E-state index contributed by atoms with van der Waals surface area (Å²) in [5.41, 5.74) is 2.27. The number of nitrogens with zero attached hydrogens (tertiary/aromatic N) is 3. The lowest BCUT2D eigenvalue weighted by atomic mass is 10.1. The molecule has 0 radical (unpaired) electrons. The van der Waals surface area contributed by atoms with E-state index in [4.69, 9.17) is 30.2 Å². The van der Waals surface area contributed by atoms with Crippen LogP contribution in [0.3, 0.4) is 0 Å². The van der Waals surface area contributed by atoms with E-state index in [0.717, 1.165) is 11.3 Å². The number of hydrogen-bond donors (Lipinski definition) is 0. The smallest absolute Gasteiger partial charge is 0.282 e. The number of halogens is 2. The summed E-state index contributed by atoms with van der Waals surface area (Å²) in [6.07, 6.45) is 1.84. The monoisotopic (exact) mass is 433 g/mol. The maximum Gasteiger partial charge on any atom is 0.355 e. The quantitative estimate of drug-likeness (QED) is 0.292. The lowest BCUT2D eigenvalue weighted by Crippen LogP contribution is -2.68. The summed E-state index contributed by atoms with van der Waals surface area (Å²) in [6, 6.07) is 22.3. The van der Waals surface area contributed by atoms with Gasteiger partial charge in [-0.1, -0.05) is 40.5 Å². The lowest BCUT2D eigenvalue weighted by Gasteiger charge is -2.17. The first-order chi connectivity index (χ1) is 13.7. The topological polar surface area (TPSA) is 131 Å². The largest absolute Gasteiger partial charge is 0.355 e. The van der Waals surface area contributed by atoms with Gasteiger partial charge in [0.05, 0.1) is 11.3 Å². The standard InChI is InChI=1S/C19H13ClN3O.ClHO4/c20-15-11-9-14(10-12-15)18(24)19-21-23(16-6-2-1-3-7-16)17-8-4-5-13-22(17)19;2-1(3,4)5/h1-13H;(H,2,3,4,5)/q+1;/p-1. The number of aromatic nitrogens is 3. The van der Waals surface area contributed by atoms with Gasteiger partial charge in [-0.15, -0.1) is 10.2 Å². The van der Waals surface area contributed by atoms with Crippen LogP contribution < -0.4 is 23.0 Å². The molecule has 148 valence electrons. The molecule has 0 aliphatic heterocycles. The number of ketones is 1. The van der Waals surface area contributed by atoms with Crippen LogP contribution in [0, 0.1) is 10.2 Å². The Labute approximate surface area is 172 Å². The minimum absolute atomic E-state index is 0.150. The Bertz CT molecular complexity index is 1120. The summed E-state index contributed by atoms with van der Waals surface area (Å²) in [7, 11) is -4.94. The first-order valence-electron chi connectivity index (χ1n) is 8.11. The number of carbonyl (C=O) groups is 1. The van der Waals surface area contributed by atoms with Gasteiger partial charge in [0, 0.05) is 16.7 Å². The molecule has 8 nitrogen and oxygen atoms in total. The molecule has 0 atom stereocenters. The van der Waals surface area contributed by atoms with Crippen molar-refractivity contribution < 1.29 is 38.1 Å². The molecule has 0 aliphatic carbocycles. The number of benzene rings is 2. The summed E-state index contributed by atoms with van der Waals surface area (Å²) in [5, 5.41) is 5.15. The Morgan fingerprint density at radius 3 is 2.10 bits per heavy atom. The second-order valence-electron chi connectivity index (χ2n) is 5.71. The molecule has 0 aliphatic rings. The molecule has 0 saturated heterocycles. The van der Waals surface area contributed by atoms with Gasteiger partial charge >= 0.3 is 5.82 Å². The molecule has 2 heterocycles. The average molecular weight is 434 g/mol. The second-order valence-corrected chi connectivity index (χ2v) is 6.91. The molecule has 2 aromatic heterocycles. The molecule has 0 N–H and O–H groups in total. The highest BCUT2D eigenvalue weighted by Crippen LogP contribution is 2.14. The highest BCUT2D eigenvalue weighted by Gasteiger charge is 2.27. The van der Waals surface area contributed by atoms with Crippen molar-refractivity contribution in [2.24, 2.45) is 0 Å². The van der Waals surface area contributed by atoms with E-state index in [1.54, 1.807) is 33.3 Å². The first kappa shape index (κ1) is 20.9. The third-order valence-corrected chi connectivity index (χ3v) is 4.04. The molecule has 4 rings (SSSR count). The number of rotatable bonds is 3. The van der Waals surface area contributed by atoms with Gasteiger partial charge in [-0.05, 0) is 42.5 Å². The molecule has 2 aromatic carbocycles. The van der Waals surface area contributed by atoms with Crippen LogP contribution in [0.2, 0.25) is 5.02 Å². The van der Waals surface area contributed by atoms with Crippen LogP contribution >= 0.6 is 11.6 Å². The summed E-state index contributed by atoms with van der Waals surface area (Å²) in [4.78, 5) is 12.9. The van der Waals surface area contributed by atoms with Gasteiger partial charge in [0.1, 0.15) is 5.69 Å². The van der Waals surface area contributed by atoms with Crippen LogP contribution in [0.15, 0.2) is 79.0 Å². The summed E-state index contributed by atoms with van der Waals surface area (Å²) in [5.74, 6) is 0.208. The van der Waals surface area contributed by atoms with Gasteiger partial charge in [0.15, 0.2) is 0 Å². The van der Waals surface area contributed by atoms with Crippen LogP contribution in [0.25, 0.3) is 11.3 Å². The fourth-order valence-electron chi connectivity index (χ4n) is 2.62. The Kier molecular flexibility index (Phi) is 6.23. The van der Waals surface area contributed by atoms with E-state index < -0.39 is 10.2 Å². The van der Waals surface area contributed by atoms with Gasteiger partial charge in [0.2, 0.25) is 0 Å². The van der Waals surface area contributed by atoms with Crippen molar-refractivity contribution in [3.8, 4) is 5.69 Å². The number of pyridine rings is 1. The van der Waals surface area contributed by atoms with Crippen LogP contribution in [-0.4, -0.2) is 15.6 Å². The molecule has 0 unspecified atom stereocenters. The zero-order valence-corrected chi connectivity index (χ0v) is 16.2. The van der Waals surface area contributed by atoms with Gasteiger partial charge in [0.25, 0.3) is 11.4 Å². The van der Waals surface area contributed by atoms with E-state index in [1.165, 1.54) is 0 Å². The zero-order chi connectivity index (χ0) is 21.0. The molecule has 0 bridgehead atoms. The molecule has 0 spiro atoms. The molecule has 0 amide bonds. The average Bonchev–Trinajstić information content (AvgIpc) is 3.07. The van der Waals surface area contributed by atoms with E-state index in [9.17, 15) is 4.79 Å². The highest BCUT2D eigenvalue weighted by atomic mass is 35.7. The van der Waals surface area contributed by atoms with Crippen LogP contribution in [0.5, 0.6) is 0 Å². The van der Waals surface area contributed by atoms with Crippen molar-refractivity contribution in [2.45, 2.75) is 0 Å². The summed E-state index contributed by atoms with van der Waals surface area (Å²) < 4.78 is 37.5. The Morgan fingerprint density at radius 1 is 0.897 bits per heavy atom. The third kappa shape index (κ3) is 5.36. The van der Waals surface area contributed by atoms with Crippen LogP contribution in [0.4, 0.5) is 0 Å². The van der Waals surface area contributed by atoms with Gasteiger partial charge in [-0.25, -0.2) is 18.6 Å². The van der Waals surface area contributed by atoms with Crippen LogP contribution in [0.1, 0.15) is 16.2 Å². The number of carbonyl (C=O) groups excluding carboxylic acids is 1. The van der Waals surface area contributed by atoms with Crippen molar-refractivity contribution in [3.63, 3.8) is 0 Å². The minimum Gasteiger partial charge on any atom is -0.282 e. The molecule has 10 heteroatoms.